The van der Waals surface area contributed by atoms with Crippen molar-refractivity contribution in [1.82, 2.24) is 4.98 Å². The number of nitrogens with zero attached hydrogens (tertiary/aromatic N) is 1. The molecular formula is C23H23Cl2NO2. The third-order valence-electron chi connectivity index (χ3n) is 3.99. The number of aliphatic hydroxyl groups excluding tert-OH is 1. The van der Waals surface area contributed by atoms with E-state index in [4.69, 9.17) is 27.9 Å². The Morgan fingerprint density at radius 1 is 1.00 bits per heavy atom. The van der Waals surface area contributed by atoms with Gasteiger partial charge in [0.25, 0.3) is 0 Å². The quantitative estimate of drug-likeness (QED) is 0.525. The molecule has 0 amide bonds. The summed E-state index contributed by atoms with van der Waals surface area (Å²) in [5.41, 5.74) is 2.96. The molecule has 0 fully saturated rings. The summed E-state index contributed by atoms with van der Waals surface area (Å²) in [6, 6.07) is 16.0. The lowest BCUT2D eigenvalue weighted by Crippen LogP contribution is -2.01. The van der Waals surface area contributed by atoms with E-state index in [0.717, 1.165) is 16.5 Å². The van der Waals surface area contributed by atoms with Crippen molar-refractivity contribution in [2.45, 2.75) is 13.0 Å². The normalized spacial score (nSPS) is 11.4. The van der Waals surface area contributed by atoms with E-state index in [-0.39, 0.29) is 0 Å². The standard InChI is InChI=1S/C17H15NO.C6H8Cl2O/c1-12-8-9-16(15-7-3-2-6-14(12)15)17(19)13-5-4-10-18-11-13;1-5(7)3-9-4-6(2)8/h2-11,17,19H,1H3;1-4H2. The molecule has 0 aliphatic heterocycles. The van der Waals surface area contributed by atoms with Gasteiger partial charge in [-0.15, -0.1) is 0 Å². The van der Waals surface area contributed by atoms with Crippen LogP contribution in [0.3, 0.4) is 0 Å². The van der Waals surface area contributed by atoms with Crippen LogP contribution in [0.2, 0.25) is 0 Å². The summed E-state index contributed by atoms with van der Waals surface area (Å²) in [6.45, 7) is 9.58. The second-order valence-corrected chi connectivity index (χ2v) is 7.30. The summed E-state index contributed by atoms with van der Waals surface area (Å²) >= 11 is 10.7. The number of aromatic nitrogens is 1. The molecule has 1 unspecified atom stereocenters. The first kappa shape index (κ1) is 22.1. The van der Waals surface area contributed by atoms with Crippen LogP contribution in [0.1, 0.15) is 22.8 Å². The number of aliphatic hydroxyl groups is 1. The van der Waals surface area contributed by atoms with Crippen LogP contribution in [-0.4, -0.2) is 23.3 Å². The molecule has 28 heavy (non-hydrogen) atoms. The van der Waals surface area contributed by atoms with Crippen molar-refractivity contribution in [3.63, 3.8) is 0 Å². The molecule has 1 heterocycles. The maximum Gasteiger partial charge on any atom is 0.106 e. The molecule has 3 nitrogen and oxygen atoms in total. The van der Waals surface area contributed by atoms with Crippen molar-refractivity contribution in [3.05, 3.63) is 101 Å². The Balaban J connectivity index is 0.000000266. The van der Waals surface area contributed by atoms with Crippen LogP contribution in [0.4, 0.5) is 0 Å². The van der Waals surface area contributed by atoms with Gasteiger partial charge in [0, 0.05) is 28.0 Å². The lowest BCUT2D eigenvalue weighted by molar-refractivity contribution is 0.189. The van der Waals surface area contributed by atoms with Gasteiger partial charge in [0.2, 0.25) is 0 Å². The first-order chi connectivity index (χ1) is 13.4. The molecule has 1 N–H and O–H groups in total. The number of hydrogen-bond acceptors (Lipinski definition) is 3. The number of ether oxygens (including phenoxy) is 1. The summed E-state index contributed by atoms with van der Waals surface area (Å²) in [5, 5.41) is 13.8. The topological polar surface area (TPSA) is 42.4 Å². The average Bonchev–Trinajstić information content (AvgIpc) is 2.69. The molecule has 0 saturated carbocycles. The minimum atomic E-state index is -0.640. The first-order valence-corrected chi connectivity index (χ1v) is 9.46. The lowest BCUT2D eigenvalue weighted by Gasteiger charge is -2.15. The zero-order chi connectivity index (χ0) is 20.5. The van der Waals surface area contributed by atoms with Gasteiger partial charge in [-0.3, -0.25) is 4.98 Å². The fourth-order valence-electron chi connectivity index (χ4n) is 2.70. The SMILES string of the molecule is C=C(Cl)COCC(=C)Cl.Cc1ccc(C(O)c2cccnc2)c2ccccc12. The molecule has 0 spiro atoms. The highest BCUT2D eigenvalue weighted by atomic mass is 35.5. The number of fused-ring (bicyclic) bond motifs is 1. The molecule has 0 radical (unpaired) electrons. The van der Waals surface area contributed by atoms with Crippen LogP contribution < -0.4 is 0 Å². The summed E-state index contributed by atoms with van der Waals surface area (Å²) in [7, 11) is 0. The van der Waals surface area contributed by atoms with Crippen molar-refractivity contribution >= 4 is 34.0 Å². The van der Waals surface area contributed by atoms with Gasteiger partial charge in [0.05, 0.1) is 13.2 Å². The summed E-state index contributed by atoms with van der Waals surface area (Å²) in [4.78, 5) is 4.07. The minimum absolute atomic E-state index is 0.327. The molecule has 0 aliphatic carbocycles. The van der Waals surface area contributed by atoms with Gasteiger partial charge in [-0.1, -0.05) is 78.8 Å². The van der Waals surface area contributed by atoms with Gasteiger partial charge in [0.15, 0.2) is 0 Å². The van der Waals surface area contributed by atoms with Crippen molar-refractivity contribution in [2.75, 3.05) is 13.2 Å². The predicted molar refractivity (Wildman–Crippen MR) is 118 cm³/mol. The van der Waals surface area contributed by atoms with E-state index in [9.17, 15) is 5.11 Å². The van der Waals surface area contributed by atoms with Crippen LogP contribution in [0.5, 0.6) is 0 Å². The van der Waals surface area contributed by atoms with E-state index < -0.39 is 6.10 Å². The number of aryl methyl sites for hydroxylation is 1. The van der Waals surface area contributed by atoms with Crippen LogP contribution in [0.15, 0.2) is 84.1 Å². The second-order valence-electron chi connectivity index (χ2n) is 6.23. The van der Waals surface area contributed by atoms with E-state index in [0.29, 0.717) is 23.3 Å². The third kappa shape index (κ3) is 6.47. The molecule has 1 aromatic heterocycles. The minimum Gasteiger partial charge on any atom is -0.384 e. The van der Waals surface area contributed by atoms with E-state index in [1.165, 1.54) is 10.9 Å². The van der Waals surface area contributed by atoms with Crippen molar-refractivity contribution < 1.29 is 9.84 Å². The van der Waals surface area contributed by atoms with E-state index >= 15 is 0 Å². The summed E-state index contributed by atoms with van der Waals surface area (Å²) in [6.07, 6.45) is 2.78. The maximum atomic E-state index is 10.5. The Labute approximate surface area is 175 Å². The third-order valence-corrected chi connectivity index (χ3v) is 4.21. The molecule has 5 heteroatoms. The second kappa shape index (κ2) is 11.0. The number of pyridine rings is 1. The Morgan fingerprint density at radius 3 is 2.21 bits per heavy atom. The van der Waals surface area contributed by atoms with Gasteiger partial charge in [0.1, 0.15) is 6.10 Å². The van der Waals surface area contributed by atoms with Gasteiger partial charge in [-0.25, -0.2) is 0 Å². The van der Waals surface area contributed by atoms with Crippen LogP contribution in [0.25, 0.3) is 10.8 Å². The van der Waals surface area contributed by atoms with E-state index in [1.54, 1.807) is 12.4 Å². The molecule has 3 aromatic rings. The zero-order valence-corrected chi connectivity index (χ0v) is 17.2. The Hall–Kier alpha value is -2.17. The molecule has 1 atom stereocenters. The van der Waals surface area contributed by atoms with E-state index in [2.05, 4.69) is 43.3 Å². The van der Waals surface area contributed by atoms with Gasteiger partial charge < -0.3 is 9.84 Å². The largest absolute Gasteiger partial charge is 0.384 e. The Morgan fingerprint density at radius 2 is 1.64 bits per heavy atom. The number of hydrogen-bond donors (Lipinski definition) is 1. The Kier molecular flexibility index (Phi) is 8.68. The van der Waals surface area contributed by atoms with Gasteiger partial charge >= 0.3 is 0 Å². The van der Waals surface area contributed by atoms with Crippen molar-refractivity contribution in [2.24, 2.45) is 0 Å². The summed E-state index contributed by atoms with van der Waals surface area (Å²) in [5.74, 6) is 0. The molecule has 0 bridgehead atoms. The summed E-state index contributed by atoms with van der Waals surface area (Å²) < 4.78 is 4.89. The van der Waals surface area contributed by atoms with Crippen molar-refractivity contribution in [1.29, 1.82) is 0 Å². The highest BCUT2D eigenvalue weighted by Gasteiger charge is 2.14. The number of halogens is 2. The fraction of sp³-hybridized carbons (Fsp3) is 0.174. The molecular weight excluding hydrogens is 393 g/mol. The van der Waals surface area contributed by atoms with Crippen LogP contribution in [0, 0.1) is 6.92 Å². The van der Waals surface area contributed by atoms with Crippen molar-refractivity contribution in [3.8, 4) is 0 Å². The molecule has 3 rings (SSSR count). The molecule has 2 aromatic carbocycles. The first-order valence-electron chi connectivity index (χ1n) is 8.70. The van der Waals surface area contributed by atoms with Gasteiger partial charge in [-0.2, -0.15) is 0 Å². The van der Waals surface area contributed by atoms with E-state index in [1.807, 2.05) is 30.3 Å². The van der Waals surface area contributed by atoms with Crippen LogP contribution >= 0.6 is 23.2 Å². The van der Waals surface area contributed by atoms with Crippen LogP contribution in [-0.2, 0) is 4.74 Å². The zero-order valence-electron chi connectivity index (χ0n) is 15.7. The number of rotatable bonds is 6. The average molecular weight is 416 g/mol. The lowest BCUT2D eigenvalue weighted by atomic mass is 9.94. The highest BCUT2D eigenvalue weighted by molar-refractivity contribution is 6.29. The molecule has 0 aliphatic rings. The molecule has 0 saturated heterocycles. The number of benzene rings is 2. The van der Waals surface area contributed by atoms with Gasteiger partial charge in [-0.05, 0) is 34.9 Å². The highest BCUT2D eigenvalue weighted by Crippen LogP contribution is 2.30. The molecule has 146 valence electrons. The maximum absolute atomic E-state index is 10.5. The fourth-order valence-corrected chi connectivity index (χ4v) is 2.86. The Bertz CT molecular complexity index is 928. The monoisotopic (exact) mass is 415 g/mol. The predicted octanol–water partition coefficient (Wildman–Crippen LogP) is 6.13. The smallest absolute Gasteiger partial charge is 0.106 e.